The molecular formula is C26H28N4O7S. The minimum Gasteiger partial charge on any atom is -0.497 e. The first-order chi connectivity index (χ1) is 18.1. The second-order valence-electron chi connectivity index (χ2n) is 10.0. The van der Waals surface area contributed by atoms with Crippen molar-refractivity contribution in [1.29, 1.82) is 0 Å². The maximum atomic E-state index is 13.6. The van der Waals surface area contributed by atoms with Gasteiger partial charge in [-0.2, -0.15) is 0 Å². The summed E-state index contributed by atoms with van der Waals surface area (Å²) in [6, 6.07) is 14.0. The summed E-state index contributed by atoms with van der Waals surface area (Å²) in [5, 5.41) is 14.9. The van der Waals surface area contributed by atoms with Crippen LogP contribution in [-0.2, 0) is 25.7 Å². The number of nitroso groups, excluding NO2 is 1. The van der Waals surface area contributed by atoms with Gasteiger partial charge in [-0.1, -0.05) is 42.5 Å². The van der Waals surface area contributed by atoms with Gasteiger partial charge in [0.25, 0.3) is 5.91 Å². The fourth-order valence-corrected chi connectivity index (χ4v) is 6.68. The molecule has 12 heteroatoms. The van der Waals surface area contributed by atoms with Crippen LogP contribution in [0.15, 0.2) is 59.9 Å². The smallest absolute Gasteiger partial charge is 0.341 e. The number of fused-ring (bicyclic) bond motifs is 1. The number of thioether (sulfide) groups is 1. The topological polar surface area (TPSA) is 129 Å². The van der Waals surface area contributed by atoms with E-state index >= 15 is 0 Å². The number of hydrogen-bond acceptors (Lipinski definition) is 9. The molecular weight excluding hydrogens is 512 g/mol. The van der Waals surface area contributed by atoms with Gasteiger partial charge in [0.15, 0.2) is 11.6 Å². The van der Waals surface area contributed by atoms with Crippen LogP contribution in [0.5, 0.6) is 5.75 Å². The van der Waals surface area contributed by atoms with Gasteiger partial charge < -0.3 is 24.4 Å². The third-order valence-electron chi connectivity index (χ3n) is 7.29. The summed E-state index contributed by atoms with van der Waals surface area (Å²) in [4.78, 5) is 54.4. The number of ether oxygens (including phenoxy) is 2. The first-order valence-electron chi connectivity index (χ1n) is 12.1. The largest absolute Gasteiger partial charge is 0.497 e. The monoisotopic (exact) mass is 540 g/mol. The Hall–Kier alpha value is -3.64. The van der Waals surface area contributed by atoms with E-state index in [2.05, 4.69) is 5.29 Å². The maximum absolute atomic E-state index is 13.6. The van der Waals surface area contributed by atoms with Crippen LogP contribution in [-0.4, -0.2) is 79.8 Å². The van der Waals surface area contributed by atoms with Crippen LogP contribution < -0.4 is 4.74 Å². The molecule has 3 saturated heterocycles. The van der Waals surface area contributed by atoms with Gasteiger partial charge in [0, 0.05) is 5.75 Å². The van der Waals surface area contributed by atoms with Crippen LogP contribution in [0.3, 0.4) is 0 Å². The molecule has 3 aliphatic heterocycles. The van der Waals surface area contributed by atoms with E-state index < -0.39 is 46.5 Å². The number of nitrogens with zero attached hydrogens (tertiary/aromatic N) is 4. The molecule has 11 nitrogen and oxygen atoms in total. The Balaban J connectivity index is 1.29. The number of rotatable bonds is 7. The van der Waals surface area contributed by atoms with E-state index in [1.165, 1.54) is 26.6 Å². The fourth-order valence-electron chi connectivity index (χ4n) is 5.25. The van der Waals surface area contributed by atoms with E-state index in [1.807, 2.05) is 0 Å². The van der Waals surface area contributed by atoms with Crippen molar-refractivity contribution in [3.8, 4) is 5.75 Å². The quantitative estimate of drug-likeness (QED) is 0.319. The molecule has 3 unspecified atom stereocenters. The predicted molar refractivity (Wildman–Crippen MR) is 137 cm³/mol. The van der Waals surface area contributed by atoms with Gasteiger partial charge in [-0.15, -0.1) is 16.7 Å². The van der Waals surface area contributed by atoms with E-state index in [0.29, 0.717) is 11.3 Å². The molecule has 0 radical (unpaired) electrons. The third-order valence-corrected chi connectivity index (χ3v) is 8.79. The molecule has 5 rings (SSSR count). The van der Waals surface area contributed by atoms with Gasteiger partial charge in [0.05, 0.1) is 18.9 Å². The Labute approximate surface area is 223 Å². The molecule has 4 atom stereocenters. The van der Waals surface area contributed by atoms with E-state index in [1.54, 1.807) is 75.6 Å². The lowest BCUT2D eigenvalue weighted by Gasteiger charge is -2.56. The lowest BCUT2D eigenvalue weighted by Crippen LogP contribution is -2.77. The van der Waals surface area contributed by atoms with Crippen LogP contribution in [0.25, 0.3) is 0 Å². The van der Waals surface area contributed by atoms with Gasteiger partial charge in [-0.3, -0.25) is 9.59 Å². The van der Waals surface area contributed by atoms with Crippen LogP contribution in [0, 0.1) is 4.91 Å². The second kappa shape index (κ2) is 9.59. The van der Waals surface area contributed by atoms with Crippen molar-refractivity contribution in [3.05, 3.63) is 70.6 Å². The molecule has 38 heavy (non-hydrogen) atoms. The van der Waals surface area contributed by atoms with Gasteiger partial charge in [-0.05, 0) is 37.1 Å². The zero-order valence-electron chi connectivity index (χ0n) is 21.1. The standard InChI is InChI=1S/C26H28N4O7S/c1-25(2)29(22(32)19(30(25)27-35)17-7-5-4-6-8-17)20-21(31)28-14-26(34,15-38-23(20)28)24(33)37-13-16-9-11-18(36-3)12-10-16/h4-12,19-20,23,34H,13-15H2,1-3H3/t19?,20?,23-,26?/m1/s1. The summed E-state index contributed by atoms with van der Waals surface area (Å²) in [7, 11) is 1.55. The first kappa shape index (κ1) is 26.0. The Morgan fingerprint density at radius 2 is 1.79 bits per heavy atom. The summed E-state index contributed by atoms with van der Waals surface area (Å²) in [5.41, 5.74) is -1.74. The van der Waals surface area contributed by atoms with Crippen molar-refractivity contribution >= 4 is 29.5 Å². The van der Waals surface area contributed by atoms with Crippen molar-refractivity contribution in [2.45, 2.75) is 49.2 Å². The van der Waals surface area contributed by atoms with E-state index in [0.717, 1.165) is 5.56 Å². The van der Waals surface area contributed by atoms with Crippen LogP contribution in [0.1, 0.15) is 31.0 Å². The lowest BCUT2D eigenvalue weighted by atomic mass is 9.96. The number of β-lactam (4-membered cyclic amide) rings is 1. The van der Waals surface area contributed by atoms with Gasteiger partial charge in [0.2, 0.25) is 5.91 Å². The van der Waals surface area contributed by atoms with Gasteiger partial charge in [-0.25, -0.2) is 9.80 Å². The van der Waals surface area contributed by atoms with Crippen LogP contribution in [0.2, 0.25) is 0 Å². The Morgan fingerprint density at radius 1 is 1.11 bits per heavy atom. The third kappa shape index (κ3) is 4.08. The number of amides is 2. The SMILES string of the molecule is COc1ccc(COC(=O)C2(O)CS[C@@H]3C(N4C(=O)C(c5ccccc5)N(N=O)C4(C)C)C(=O)N3C2)cc1. The highest BCUT2D eigenvalue weighted by Crippen LogP contribution is 2.48. The van der Waals surface area contributed by atoms with E-state index in [4.69, 9.17) is 9.47 Å². The van der Waals surface area contributed by atoms with E-state index in [-0.39, 0.29) is 18.9 Å². The number of carbonyl (C=O) groups excluding carboxylic acids is 3. The van der Waals surface area contributed by atoms with Crippen LogP contribution >= 0.6 is 11.8 Å². The number of aliphatic hydroxyl groups is 1. The number of esters is 1. The minimum absolute atomic E-state index is 0.0143. The summed E-state index contributed by atoms with van der Waals surface area (Å²) < 4.78 is 10.5. The minimum atomic E-state index is -1.89. The Kier molecular flexibility index (Phi) is 6.56. The molecule has 200 valence electrons. The highest BCUT2D eigenvalue weighted by Gasteiger charge is 2.65. The summed E-state index contributed by atoms with van der Waals surface area (Å²) >= 11 is 1.20. The molecule has 3 heterocycles. The average Bonchev–Trinajstić information content (AvgIpc) is 3.12. The summed E-state index contributed by atoms with van der Waals surface area (Å²) in [6.07, 6.45) is 0. The molecule has 3 fully saturated rings. The van der Waals surface area contributed by atoms with Crippen molar-refractivity contribution in [3.63, 3.8) is 0 Å². The molecule has 2 aromatic carbocycles. The average molecular weight is 541 g/mol. The molecule has 0 bridgehead atoms. The van der Waals surface area contributed by atoms with Crippen LogP contribution in [0.4, 0.5) is 0 Å². The molecule has 2 aromatic rings. The Morgan fingerprint density at radius 3 is 2.42 bits per heavy atom. The second-order valence-corrected chi connectivity index (χ2v) is 11.1. The zero-order valence-corrected chi connectivity index (χ0v) is 22.0. The molecule has 3 aliphatic rings. The fraction of sp³-hybridized carbons (Fsp3) is 0.423. The van der Waals surface area contributed by atoms with Crippen molar-refractivity contribution in [2.75, 3.05) is 19.4 Å². The molecule has 0 spiro atoms. The molecule has 2 amide bonds. The maximum Gasteiger partial charge on any atom is 0.341 e. The molecule has 1 N–H and O–H groups in total. The normalized spacial score (nSPS) is 28.0. The number of benzene rings is 2. The van der Waals surface area contributed by atoms with Gasteiger partial charge >= 0.3 is 5.97 Å². The van der Waals surface area contributed by atoms with Crippen molar-refractivity contribution in [1.82, 2.24) is 14.8 Å². The van der Waals surface area contributed by atoms with Crippen molar-refractivity contribution in [2.24, 2.45) is 5.29 Å². The highest BCUT2D eigenvalue weighted by atomic mass is 32.2. The predicted octanol–water partition coefficient (Wildman–Crippen LogP) is 2.06. The molecule has 0 saturated carbocycles. The first-order valence-corrected chi connectivity index (χ1v) is 13.1. The lowest BCUT2D eigenvalue weighted by molar-refractivity contribution is -0.179. The highest BCUT2D eigenvalue weighted by molar-refractivity contribution is 8.00. The number of methoxy groups -OCH3 is 1. The molecule has 0 aromatic heterocycles. The molecule has 0 aliphatic carbocycles. The summed E-state index contributed by atoms with van der Waals surface area (Å²) in [5.74, 6) is -0.988. The van der Waals surface area contributed by atoms with Crippen molar-refractivity contribution < 1.29 is 29.0 Å². The van der Waals surface area contributed by atoms with Gasteiger partial charge in [0.1, 0.15) is 29.4 Å². The Bertz CT molecular complexity index is 1260. The summed E-state index contributed by atoms with van der Waals surface area (Å²) in [6.45, 7) is 3.06. The number of hydrogen-bond donors (Lipinski definition) is 1. The van der Waals surface area contributed by atoms with E-state index in [9.17, 15) is 24.4 Å². The number of carbonyl (C=O) groups is 3. The zero-order chi connectivity index (χ0) is 27.2.